The number of carbonyl (C=O) groups is 1. The van der Waals surface area contributed by atoms with Gasteiger partial charge in [-0.15, -0.1) is 0 Å². The van der Waals surface area contributed by atoms with Gasteiger partial charge in [0.05, 0.1) is 33.5 Å². The van der Waals surface area contributed by atoms with E-state index in [0.29, 0.717) is 18.0 Å². The molecule has 0 unspecified atom stereocenters. The molecule has 4 rings (SSSR count). The molecule has 0 aliphatic heterocycles. The molecule has 0 aliphatic rings. The van der Waals surface area contributed by atoms with Crippen LogP contribution in [0.5, 0.6) is 5.75 Å². The maximum Gasteiger partial charge on any atom is 0.291 e. The van der Waals surface area contributed by atoms with E-state index in [9.17, 15) is 4.79 Å². The van der Waals surface area contributed by atoms with E-state index in [2.05, 4.69) is 16.5 Å². The number of aryl methyl sites for hydroxylation is 1. The Labute approximate surface area is 220 Å². The number of nitrogens with one attached hydrogen (secondary N) is 1. The Bertz CT molecular complexity index is 1340. The first kappa shape index (κ1) is 24.8. The predicted octanol–water partition coefficient (Wildman–Crippen LogP) is 7.93. The number of rotatable bonds is 7. The molecular formula is C23H16Cl5N3O3. The van der Waals surface area contributed by atoms with Crippen molar-refractivity contribution < 1.29 is 13.9 Å². The molecule has 1 N–H and O–H groups in total. The van der Waals surface area contributed by atoms with Gasteiger partial charge in [-0.05, 0) is 24.6 Å². The lowest BCUT2D eigenvalue weighted by molar-refractivity contribution is 0.0992. The van der Waals surface area contributed by atoms with Crippen LogP contribution >= 0.6 is 58.0 Å². The maximum atomic E-state index is 12.6. The van der Waals surface area contributed by atoms with Crippen LogP contribution in [0.4, 0.5) is 5.69 Å². The van der Waals surface area contributed by atoms with Gasteiger partial charge in [-0.2, -0.15) is 5.10 Å². The summed E-state index contributed by atoms with van der Waals surface area (Å²) in [5.41, 5.74) is 2.82. The zero-order valence-corrected chi connectivity index (χ0v) is 21.3. The van der Waals surface area contributed by atoms with E-state index in [-0.39, 0.29) is 43.2 Å². The van der Waals surface area contributed by atoms with Gasteiger partial charge >= 0.3 is 0 Å². The average Bonchev–Trinajstić information content (AvgIpc) is 3.46. The molecule has 0 atom stereocenters. The second kappa shape index (κ2) is 10.5. The number of carbonyl (C=O) groups excluding carboxylic acids is 1. The molecule has 11 heteroatoms. The molecule has 6 nitrogen and oxygen atoms in total. The summed E-state index contributed by atoms with van der Waals surface area (Å²) in [6.07, 6.45) is 3.31. The zero-order valence-electron chi connectivity index (χ0n) is 17.5. The van der Waals surface area contributed by atoms with Gasteiger partial charge in [0.25, 0.3) is 5.91 Å². The highest BCUT2D eigenvalue weighted by molar-refractivity contribution is 6.55. The maximum absolute atomic E-state index is 12.6. The minimum Gasteiger partial charge on any atom is -0.482 e. The SMILES string of the molecule is Cc1cccc(Cn2cc(NC(=O)c3ccc(COc4c(Cl)c(Cl)c(Cl)c(Cl)c4Cl)o3)cn2)c1. The highest BCUT2D eigenvalue weighted by Crippen LogP contribution is 2.48. The number of nitrogens with zero attached hydrogens (tertiary/aromatic N) is 2. The van der Waals surface area contributed by atoms with Crippen LogP contribution in [0.25, 0.3) is 0 Å². The van der Waals surface area contributed by atoms with Crippen molar-refractivity contribution in [1.82, 2.24) is 9.78 Å². The average molecular weight is 560 g/mol. The second-order valence-corrected chi connectivity index (χ2v) is 9.21. The highest BCUT2D eigenvalue weighted by Gasteiger charge is 2.21. The first-order chi connectivity index (χ1) is 16.2. The summed E-state index contributed by atoms with van der Waals surface area (Å²) in [6, 6.07) is 11.2. The normalized spacial score (nSPS) is 11.0. The Balaban J connectivity index is 1.38. The fraction of sp³-hybridized carbons (Fsp3) is 0.130. The van der Waals surface area contributed by atoms with Crippen molar-refractivity contribution >= 4 is 69.6 Å². The lowest BCUT2D eigenvalue weighted by atomic mass is 10.1. The molecule has 0 bridgehead atoms. The lowest BCUT2D eigenvalue weighted by Crippen LogP contribution is -2.10. The van der Waals surface area contributed by atoms with Crippen LogP contribution in [0.2, 0.25) is 25.1 Å². The molecule has 0 fully saturated rings. The molecule has 4 aromatic rings. The third kappa shape index (κ3) is 5.48. The van der Waals surface area contributed by atoms with Crippen molar-refractivity contribution in [3.05, 3.63) is 96.6 Å². The smallest absolute Gasteiger partial charge is 0.291 e. The van der Waals surface area contributed by atoms with Gasteiger partial charge in [0.15, 0.2) is 11.5 Å². The van der Waals surface area contributed by atoms with Crippen molar-refractivity contribution in [3.8, 4) is 5.75 Å². The molecule has 0 spiro atoms. The summed E-state index contributed by atoms with van der Waals surface area (Å²) in [5.74, 6) is 0.0742. The number of furan rings is 1. The summed E-state index contributed by atoms with van der Waals surface area (Å²) < 4.78 is 12.9. The topological polar surface area (TPSA) is 69.3 Å². The fourth-order valence-corrected chi connectivity index (χ4v) is 4.37. The first-order valence-corrected chi connectivity index (χ1v) is 11.7. The summed E-state index contributed by atoms with van der Waals surface area (Å²) in [6.45, 7) is 2.54. The van der Waals surface area contributed by atoms with E-state index in [4.69, 9.17) is 67.2 Å². The van der Waals surface area contributed by atoms with Crippen LogP contribution in [-0.2, 0) is 13.2 Å². The van der Waals surface area contributed by atoms with Crippen molar-refractivity contribution in [3.63, 3.8) is 0 Å². The number of hydrogen-bond acceptors (Lipinski definition) is 4. The lowest BCUT2D eigenvalue weighted by Gasteiger charge is -2.12. The minimum absolute atomic E-state index is 0.0215. The molecule has 2 aromatic carbocycles. The highest BCUT2D eigenvalue weighted by atomic mass is 35.5. The Morgan fingerprint density at radius 2 is 1.74 bits per heavy atom. The van der Waals surface area contributed by atoms with Crippen LogP contribution < -0.4 is 10.1 Å². The van der Waals surface area contributed by atoms with E-state index in [1.165, 1.54) is 11.6 Å². The summed E-state index contributed by atoms with van der Waals surface area (Å²) in [7, 11) is 0. The molecule has 0 radical (unpaired) electrons. The van der Waals surface area contributed by atoms with Gasteiger partial charge < -0.3 is 14.5 Å². The molecule has 34 heavy (non-hydrogen) atoms. The van der Waals surface area contributed by atoms with Gasteiger partial charge in [-0.25, -0.2) is 0 Å². The fourth-order valence-electron chi connectivity index (χ4n) is 3.14. The number of aromatic nitrogens is 2. The van der Waals surface area contributed by atoms with Gasteiger partial charge in [0.1, 0.15) is 22.4 Å². The standard InChI is InChI=1S/C23H16Cl5N3O3/c1-12-3-2-4-13(7-12)9-31-10-14(8-29-31)30-23(32)16-6-5-15(34-16)11-33-22-20(27)18(25)17(24)19(26)21(22)28/h2-8,10H,9,11H2,1H3,(H,30,32). The molecule has 1 amide bonds. The first-order valence-electron chi connectivity index (χ1n) is 9.85. The number of hydrogen-bond donors (Lipinski definition) is 1. The Hall–Kier alpha value is -2.35. The van der Waals surface area contributed by atoms with Crippen molar-refractivity contribution in [2.75, 3.05) is 5.32 Å². The van der Waals surface area contributed by atoms with Gasteiger partial charge in [-0.1, -0.05) is 87.8 Å². The Kier molecular flexibility index (Phi) is 7.65. The van der Waals surface area contributed by atoms with Crippen LogP contribution in [0.3, 0.4) is 0 Å². The van der Waals surface area contributed by atoms with Crippen LogP contribution in [0, 0.1) is 6.92 Å². The van der Waals surface area contributed by atoms with E-state index in [1.807, 2.05) is 25.1 Å². The molecule has 0 aliphatic carbocycles. The van der Waals surface area contributed by atoms with E-state index >= 15 is 0 Å². The summed E-state index contributed by atoms with van der Waals surface area (Å²) >= 11 is 30.4. The third-order valence-corrected chi connectivity index (χ3v) is 6.97. The van der Waals surface area contributed by atoms with Crippen LogP contribution in [0.1, 0.15) is 27.4 Å². The quantitative estimate of drug-likeness (QED) is 0.184. The molecule has 176 valence electrons. The summed E-state index contributed by atoms with van der Waals surface area (Å²) in [4.78, 5) is 12.6. The zero-order chi connectivity index (χ0) is 24.4. The van der Waals surface area contributed by atoms with Gasteiger partial charge in [0.2, 0.25) is 0 Å². The van der Waals surface area contributed by atoms with Crippen molar-refractivity contribution in [1.29, 1.82) is 0 Å². The number of ether oxygens (including phenoxy) is 1. The van der Waals surface area contributed by atoms with Crippen molar-refractivity contribution in [2.45, 2.75) is 20.1 Å². The van der Waals surface area contributed by atoms with E-state index in [1.54, 1.807) is 23.1 Å². The number of anilines is 1. The van der Waals surface area contributed by atoms with Gasteiger partial charge in [0, 0.05) is 6.20 Å². The predicted molar refractivity (Wildman–Crippen MR) is 135 cm³/mol. The number of amides is 1. The van der Waals surface area contributed by atoms with E-state index in [0.717, 1.165) is 5.56 Å². The third-order valence-electron chi connectivity index (χ3n) is 4.73. The van der Waals surface area contributed by atoms with Gasteiger partial charge in [-0.3, -0.25) is 9.48 Å². The monoisotopic (exact) mass is 557 g/mol. The molecule has 2 heterocycles. The molecule has 2 aromatic heterocycles. The van der Waals surface area contributed by atoms with E-state index < -0.39 is 5.91 Å². The Morgan fingerprint density at radius 3 is 2.44 bits per heavy atom. The summed E-state index contributed by atoms with van der Waals surface area (Å²) in [5, 5.41) is 7.16. The number of benzene rings is 2. The number of halogens is 5. The molecular weight excluding hydrogens is 544 g/mol. The second-order valence-electron chi connectivity index (χ2n) is 7.32. The molecule has 0 saturated heterocycles. The molecule has 0 saturated carbocycles. The Morgan fingerprint density at radius 1 is 1.03 bits per heavy atom. The van der Waals surface area contributed by atoms with Crippen molar-refractivity contribution in [2.24, 2.45) is 0 Å². The largest absolute Gasteiger partial charge is 0.482 e. The van der Waals surface area contributed by atoms with Crippen LogP contribution in [-0.4, -0.2) is 15.7 Å². The minimum atomic E-state index is -0.435. The van der Waals surface area contributed by atoms with Crippen LogP contribution in [0.15, 0.2) is 53.2 Å².